The fourth-order valence-corrected chi connectivity index (χ4v) is 2.06. The first-order valence-corrected chi connectivity index (χ1v) is 7.31. The van der Waals surface area contributed by atoms with Gasteiger partial charge in [0.15, 0.2) is 6.61 Å². The quantitative estimate of drug-likeness (QED) is 0.634. The molecule has 2 rings (SSSR count). The van der Waals surface area contributed by atoms with E-state index in [4.69, 9.17) is 9.47 Å². The lowest BCUT2D eigenvalue weighted by atomic mass is 10.2. The molecule has 0 aromatic heterocycles. The van der Waals surface area contributed by atoms with Crippen LogP contribution in [0, 0.1) is 0 Å². The largest absolute Gasteiger partial charge is 0.496 e. The van der Waals surface area contributed by atoms with E-state index >= 15 is 0 Å². The summed E-state index contributed by atoms with van der Waals surface area (Å²) in [6.45, 7) is -0.111. The molecule has 22 heavy (non-hydrogen) atoms. The molecule has 0 aliphatic rings. The van der Waals surface area contributed by atoms with Crippen LogP contribution >= 0.6 is 15.9 Å². The van der Waals surface area contributed by atoms with Crippen molar-refractivity contribution in [3.63, 3.8) is 0 Å². The second kappa shape index (κ2) is 8.19. The van der Waals surface area contributed by atoms with Crippen LogP contribution in [0.1, 0.15) is 5.56 Å². The molecule has 0 fully saturated rings. The first kappa shape index (κ1) is 16.0. The van der Waals surface area contributed by atoms with Crippen molar-refractivity contribution in [2.75, 3.05) is 13.7 Å². The highest BCUT2D eigenvalue weighted by Crippen LogP contribution is 2.17. The van der Waals surface area contributed by atoms with Crippen molar-refractivity contribution in [3.8, 4) is 11.5 Å². The molecular weight excluding hydrogens is 348 g/mol. The van der Waals surface area contributed by atoms with E-state index in [0.717, 1.165) is 10.0 Å². The number of rotatable bonds is 6. The maximum absolute atomic E-state index is 11.7. The van der Waals surface area contributed by atoms with Crippen LogP contribution in [0.3, 0.4) is 0 Å². The Morgan fingerprint density at radius 3 is 2.86 bits per heavy atom. The highest BCUT2D eigenvalue weighted by molar-refractivity contribution is 9.10. The molecule has 114 valence electrons. The SMILES string of the molecule is COc1ccccc1/C=N\NC(=O)COc1cccc(Br)c1. The Morgan fingerprint density at radius 1 is 1.27 bits per heavy atom. The van der Waals surface area contributed by atoms with Gasteiger partial charge in [-0.1, -0.05) is 34.1 Å². The zero-order valence-electron chi connectivity index (χ0n) is 12.0. The van der Waals surface area contributed by atoms with Crippen molar-refractivity contribution < 1.29 is 14.3 Å². The van der Waals surface area contributed by atoms with Crippen LogP contribution in [-0.2, 0) is 4.79 Å². The van der Waals surface area contributed by atoms with Gasteiger partial charge in [0, 0.05) is 10.0 Å². The van der Waals surface area contributed by atoms with E-state index in [1.807, 2.05) is 36.4 Å². The summed E-state index contributed by atoms with van der Waals surface area (Å²) in [5.74, 6) is 0.954. The number of para-hydroxylation sites is 1. The lowest BCUT2D eigenvalue weighted by Gasteiger charge is -2.05. The van der Waals surface area contributed by atoms with Crippen LogP contribution in [0.4, 0.5) is 0 Å². The summed E-state index contributed by atoms with van der Waals surface area (Å²) in [7, 11) is 1.58. The fraction of sp³-hybridized carbons (Fsp3) is 0.125. The predicted molar refractivity (Wildman–Crippen MR) is 88.4 cm³/mol. The standard InChI is InChI=1S/C16H15BrN2O3/c1-21-15-8-3-2-5-12(15)10-18-19-16(20)11-22-14-7-4-6-13(17)9-14/h2-10H,11H2,1H3,(H,19,20)/b18-10-. The summed E-state index contributed by atoms with van der Waals surface area (Å²) < 4.78 is 11.4. The molecule has 0 spiro atoms. The van der Waals surface area contributed by atoms with Gasteiger partial charge in [0.2, 0.25) is 0 Å². The molecule has 0 aliphatic carbocycles. The third-order valence-corrected chi connectivity index (χ3v) is 3.19. The van der Waals surface area contributed by atoms with Crippen molar-refractivity contribution in [1.29, 1.82) is 0 Å². The molecule has 2 aromatic carbocycles. The van der Waals surface area contributed by atoms with Gasteiger partial charge in [-0.05, 0) is 30.3 Å². The van der Waals surface area contributed by atoms with Crippen molar-refractivity contribution in [3.05, 3.63) is 58.6 Å². The molecule has 5 nitrogen and oxygen atoms in total. The molecular formula is C16H15BrN2O3. The summed E-state index contributed by atoms with van der Waals surface area (Å²) in [4.78, 5) is 11.7. The van der Waals surface area contributed by atoms with E-state index in [9.17, 15) is 4.79 Å². The van der Waals surface area contributed by atoms with E-state index in [2.05, 4.69) is 26.5 Å². The first-order valence-electron chi connectivity index (χ1n) is 6.52. The second-order valence-electron chi connectivity index (χ2n) is 4.28. The van der Waals surface area contributed by atoms with E-state index in [1.165, 1.54) is 6.21 Å². The van der Waals surface area contributed by atoms with Crippen molar-refractivity contribution >= 4 is 28.1 Å². The Morgan fingerprint density at radius 2 is 2.09 bits per heavy atom. The lowest BCUT2D eigenvalue weighted by molar-refractivity contribution is -0.123. The number of methoxy groups -OCH3 is 1. The topological polar surface area (TPSA) is 59.9 Å². The number of ether oxygens (including phenoxy) is 2. The monoisotopic (exact) mass is 362 g/mol. The number of nitrogens with one attached hydrogen (secondary N) is 1. The van der Waals surface area contributed by atoms with Crippen LogP contribution in [0.5, 0.6) is 11.5 Å². The molecule has 0 aliphatic heterocycles. The van der Waals surface area contributed by atoms with E-state index < -0.39 is 0 Å². The lowest BCUT2D eigenvalue weighted by Crippen LogP contribution is -2.24. The molecule has 0 saturated carbocycles. The third-order valence-electron chi connectivity index (χ3n) is 2.70. The summed E-state index contributed by atoms with van der Waals surface area (Å²) in [6, 6.07) is 14.7. The zero-order chi connectivity index (χ0) is 15.8. The number of hydrogen-bond acceptors (Lipinski definition) is 4. The fourth-order valence-electron chi connectivity index (χ4n) is 1.68. The molecule has 2 aromatic rings. The van der Waals surface area contributed by atoms with Crippen molar-refractivity contribution in [1.82, 2.24) is 5.43 Å². The van der Waals surface area contributed by atoms with Gasteiger partial charge in [-0.15, -0.1) is 0 Å². The maximum atomic E-state index is 11.7. The number of hydrogen-bond donors (Lipinski definition) is 1. The van der Waals surface area contributed by atoms with Crippen LogP contribution in [0.2, 0.25) is 0 Å². The summed E-state index contributed by atoms with van der Waals surface area (Å²) in [5, 5.41) is 3.89. The number of hydrazone groups is 1. The second-order valence-corrected chi connectivity index (χ2v) is 5.20. The molecule has 0 radical (unpaired) electrons. The molecule has 1 N–H and O–H groups in total. The smallest absolute Gasteiger partial charge is 0.277 e. The zero-order valence-corrected chi connectivity index (χ0v) is 13.5. The molecule has 6 heteroatoms. The first-order chi connectivity index (χ1) is 10.7. The summed E-state index contributed by atoms with van der Waals surface area (Å²) >= 11 is 3.33. The normalized spacial score (nSPS) is 10.5. The van der Waals surface area contributed by atoms with Gasteiger partial charge in [0.1, 0.15) is 11.5 Å². The number of amides is 1. The van der Waals surface area contributed by atoms with E-state index in [-0.39, 0.29) is 12.5 Å². The van der Waals surface area contributed by atoms with Gasteiger partial charge in [0.25, 0.3) is 5.91 Å². The summed E-state index contributed by atoms with van der Waals surface area (Å²) in [5.41, 5.74) is 3.18. The molecule has 1 amide bonds. The van der Waals surface area contributed by atoms with Gasteiger partial charge in [-0.2, -0.15) is 5.10 Å². The van der Waals surface area contributed by atoms with Crippen LogP contribution < -0.4 is 14.9 Å². The predicted octanol–water partition coefficient (Wildman–Crippen LogP) is 2.99. The summed E-state index contributed by atoms with van der Waals surface area (Å²) in [6.07, 6.45) is 1.52. The minimum Gasteiger partial charge on any atom is -0.496 e. The molecule has 0 unspecified atom stereocenters. The average Bonchev–Trinajstić information content (AvgIpc) is 2.53. The highest BCUT2D eigenvalue weighted by atomic mass is 79.9. The number of carbonyl (C=O) groups excluding carboxylic acids is 1. The number of halogens is 1. The van der Waals surface area contributed by atoms with E-state index in [1.54, 1.807) is 19.2 Å². The molecule has 0 saturated heterocycles. The third kappa shape index (κ3) is 4.89. The Bertz CT molecular complexity index is 674. The Kier molecular flexibility index (Phi) is 5.97. The highest BCUT2D eigenvalue weighted by Gasteiger charge is 2.02. The van der Waals surface area contributed by atoms with Gasteiger partial charge in [0.05, 0.1) is 13.3 Å². The number of nitrogens with zero attached hydrogens (tertiary/aromatic N) is 1. The van der Waals surface area contributed by atoms with Crippen molar-refractivity contribution in [2.24, 2.45) is 5.10 Å². The van der Waals surface area contributed by atoms with Crippen molar-refractivity contribution in [2.45, 2.75) is 0 Å². The molecule has 0 bridgehead atoms. The Labute approximate surface area is 137 Å². The Hall–Kier alpha value is -2.34. The van der Waals surface area contributed by atoms with E-state index in [0.29, 0.717) is 11.5 Å². The van der Waals surface area contributed by atoms with Crippen LogP contribution in [0.25, 0.3) is 0 Å². The van der Waals surface area contributed by atoms with Gasteiger partial charge >= 0.3 is 0 Å². The van der Waals surface area contributed by atoms with Gasteiger partial charge < -0.3 is 9.47 Å². The van der Waals surface area contributed by atoms with Crippen LogP contribution in [-0.4, -0.2) is 25.8 Å². The number of benzene rings is 2. The van der Waals surface area contributed by atoms with Gasteiger partial charge in [-0.3, -0.25) is 4.79 Å². The minimum absolute atomic E-state index is 0.111. The van der Waals surface area contributed by atoms with Gasteiger partial charge in [-0.25, -0.2) is 5.43 Å². The van der Waals surface area contributed by atoms with Crippen LogP contribution in [0.15, 0.2) is 58.1 Å². The number of carbonyl (C=O) groups is 1. The average molecular weight is 363 g/mol. The minimum atomic E-state index is -0.342. The Balaban J connectivity index is 1.83. The molecule has 0 atom stereocenters. The molecule has 0 heterocycles. The maximum Gasteiger partial charge on any atom is 0.277 e.